The number of methoxy groups -OCH3 is 1. The molecule has 8 heteroatoms. The lowest BCUT2D eigenvalue weighted by atomic mass is 9.94. The molecule has 0 spiro atoms. The quantitative estimate of drug-likeness (QED) is 0.344. The maximum Gasteiger partial charge on any atom is 0.258 e. The van der Waals surface area contributed by atoms with Gasteiger partial charge < -0.3 is 14.6 Å². The van der Waals surface area contributed by atoms with Crippen molar-refractivity contribution in [3.63, 3.8) is 0 Å². The van der Waals surface area contributed by atoms with Crippen LogP contribution in [0.15, 0.2) is 83.0 Å². The zero-order chi connectivity index (χ0) is 24.5. The molecule has 3 aromatic carbocycles. The van der Waals surface area contributed by atoms with Crippen LogP contribution in [-0.2, 0) is 0 Å². The predicted molar refractivity (Wildman–Crippen MR) is 137 cm³/mol. The van der Waals surface area contributed by atoms with E-state index < -0.39 is 0 Å². The summed E-state index contributed by atoms with van der Waals surface area (Å²) in [6, 6.07) is 22.0. The number of nitrogens with zero attached hydrogens (tertiary/aromatic N) is 3. The third-order valence-corrected chi connectivity index (χ3v) is 6.34. The van der Waals surface area contributed by atoms with Gasteiger partial charge in [-0.05, 0) is 61.5 Å². The van der Waals surface area contributed by atoms with Crippen LogP contribution in [0.1, 0.15) is 30.0 Å². The molecule has 2 heterocycles. The Labute approximate surface area is 208 Å². The van der Waals surface area contributed by atoms with Crippen LogP contribution in [0.4, 0.5) is 10.1 Å². The highest BCUT2D eigenvalue weighted by Crippen LogP contribution is 2.39. The van der Waals surface area contributed by atoms with Crippen LogP contribution >= 0.6 is 12.2 Å². The Hall–Kier alpha value is -4.04. The second kappa shape index (κ2) is 9.31. The summed E-state index contributed by atoms with van der Waals surface area (Å²) in [4.78, 5) is 6.50. The monoisotopic (exact) mass is 486 g/mol. The topological polar surface area (TPSA) is 63.4 Å². The Bertz CT molecular complexity index is 1420. The molecule has 0 amide bonds. The van der Waals surface area contributed by atoms with Crippen molar-refractivity contribution in [2.45, 2.75) is 19.9 Å². The largest absolute Gasteiger partial charge is 0.497 e. The van der Waals surface area contributed by atoms with Crippen LogP contribution in [0.25, 0.3) is 17.0 Å². The van der Waals surface area contributed by atoms with Gasteiger partial charge in [0.2, 0.25) is 5.82 Å². The molecule has 1 aliphatic rings. The Morgan fingerprint density at radius 1 is 1.03 bits per heavy atom. The zero-order valence-electron chi connectivity index (χ0n) is 19.4. The minimum atomic E-state index is -0.357. The van der Waals surface area contributed by atoms with E-state index in [1.54, 1.807) is 25.0 Å². The van der Waals surface area contributed by atoms with Gasteiger partial charge in [0.05, 0.1) is 24.4 Å². The molecule has 0 saturated heterocycles. The molecule has 35 heavy (non-hydrogen) atoms. The number of benzene rings is 3. The zero-order valence-corrected chi connectivity index (χ0v) is 20.3. The van der Waals surface area contributed by atoms with Gasteiger partial charge in [-0.1, -0.05) is 53.7 Å². The molecule has 1 aliphatic heterocycles. The molecule has 1 unspecified atom stereocenters. The van der Waals surface area contributed by atoms with E-state index in [9.17, 15) is 4.39 Å². The SMILES string of the molecule is COc1ccc(C2NC(=S)N(c3ccc(C)c(F)c3)C(C)=C2c2nc(-c3ccccc3)no2)cc1. The number of hydrogen-bond acceptors (Lipinski definition) is 5. The van der Waals surface area contributed by atoms with Crippen molar-refractivity contribution in [2.75, 3.05) is 12.0 Å². The van der Waals surface area contributed by atoms with Crippen molar-refractivity contribution in [2.24, 2.45) is 0 Å². The van der Waals surface area contributed by atoms with Gasteiger partial charge in [-0.25, -0.2) is 4.39 Å². The number of ether oxygens (including phenoxy) is 1. The van der Waals surface area contributed by atoms with E-state index in [0.29, 0.717) is 28.1 Å². The van der Waals surface area contributed by atoms with Crippen molar-refractivity contribution < 1.29 is 13.7 Å². The molecule has 0 saturated carbocycles. The van der Waals surface area contributed by atoms with E-state index in [2.05, 4.69) is 10.5 Å². The Balaban J connectivity index is 1.65. The predicted octanol–water partition coefficient (Wildman–Crippen LogP) is 6.06. The number of nitrogens with one attached hydrogen (secondary N) is 1. The summed E-state index contributed by atoms with van der Waals surface area (Å²) >= 11 is 5.74. The van der Waals surface area contributed by atoms with E-state index in [1.165, 1.54) is 6.07 Å². The van der Waals surface area contributed by atoms with Gasteiger partial charge in [-0.15, -0.1) is 0 Å². The minimum absolute atomic E-state index is 0.305. The van der Waals surface area contributed by atoms with E-state index in [1.807, 2.05) is 67.6 Å². The lowest BCUT2D eigenvalue weighted by Crippen LogP contribution is -2.46. The average Bonchev–Trinajstić information content (AvgIpc) is 3.36. The van der Waals surface area contributed by atoms with Gasteiger partial charge in [0.15, 0.2) is 5.11 Å². The summed E-state index contributed by atoms with van der Waals surface area (Å²) in [7, 11) is 1.63. The molecule has 0 bridgehead atoms. The molecule has 1 atom stereocenters. The second-order valence-corrected chi connectivity index (χ2v) is 8.60. The van der Waals surface area contributed by atoms with Gasteiger partial charge in [0.25, 0.3) is 5.89 Å². The number of aromatic nitrogens is 2. The molecule has 0 radical (unpaired) electrons. The maximum absolute atomic E-state index is 14.5. The lowest BCUT2D eigenvalue weighted by molar-refractivity contribution is 0.404. The number of allylic oxidation sites excluding steroid dienone is 1. The van der Waals surface area contributed by atoms with Gasteiger partial charge in [-0.2, -0.15) is 4.98 Å². The standard InChI is InChI=1S/C27H23FN4O2S/c1-16-9-12-20(15-22(16)28)32-17(2)23(26-30-25(31-34-26)19-7-5-4-6-8-19)24(29-27(32)35)18-10-13-21(33-3)14-11-18/h4-15,24H,1-3H3,(H,29,35). The third kappa shape index (κ3) is 4.28. The van der Waals surface area contributed by atoms with E-state index in [4.69, 9.17) is 26.5 Å². The third-order valence-electron chi connectivity index (χ3n) is 6.04. The van der Waals surface area contributed by atoms with Crippen molar-refractivity contribution in [1.29, 1.82) is 0 Å². The fourth-order valence-corrected chi connectivity index (χ4v) is 4.50. The van der Waals surface area contributed by atoms with Gasteiger partial charge >= 0.3 is 0 Å². The molecule has 1 N–H and O–H groups in total. The fourth-order valence-electron chi connectivity index (χ4n) is 4.14. The molecular formula is C27H23FN4O2S. The summed E-state index contributed by atoms with van der Waals surface area (Å²) in [6.45, 7) is 3.65. The summed E-state index contributed by atoms with van der Waals surface area (Å²) in [5.41, 5.74) is 4.47. The molecule has 0 fully saturated rings. The van der Waals surface area contributed by atoms with Gasteiger partial charge in [0.1, 0.15) is 11.6 Å². The fraction of sp³-hybridized carbons (Fsp3) is 0.148. The lowest BCUT2D eigenvalue weighted by Gasteiger charge is -2.37. The van der Waals surface area contributed by atoms with Crippen LogP contribution < -0.4 is 15.0 Å². The van der Waals surface area contributed by atoms with Crippen molar-refractivity contribution in [3.05, 3.63) is 101 Å². The summed E-state index contributed by atoms with van der Waals surface area (Å²) in [5.74, 6) is 1.28. The summed E-state index contributed by atoms with van der Waals surface area (Å²) in [6.07, 6.45) is 0. The average molecular weight is 487 g/mol. The molecule has 6 nitrogen and oxygen atoms in total. The molecular weight excluding hydrogens is 463 g/mol. The summed E-state index contributed by atoms with van der Waals surface area (Å²) in [5, 5.41) is 8.05. The Morgan fingerprint density at radius 3 is 2.46 bits per heavy atom. The number of rotatable bonds is 5. The molecule has 5 rings (SSSR count). The van der Waals surface area contributed by atoms with E-state index in [-0.39, 0.29) is 11.9 Å². The maximum atomic E-state index is 14.5. The highest BCUT2D eigenvalue weighted by molar-refractivity contribution is 7.80. The Kier molecular flexibility index (Phi) is 6.05. The number of anilines is 1. The van der Waals surface area contributed by atoms with Crippen molar-refractivity contribution in [1.82, 2.24) is 15.5 Å². The first-order valence-corrected chi connectivity index (χ1v) is 11.5. The first kappa shape index (κ1) is 22.7. The molecule has 4 aromatic rings. The highest BCUT2D eigenvalue weighted by Gasteiger charge is 2.35. The first-order chi connectivity index (χ1) is 17.0. The number of aryl methyl sites for hydroxylation is 1. The molecule has 1 aromatic heterocycles. The van der Waals surface area contributed by atoms with E-state index >= 15 is 0 Å². The van der Waals surface area contributed by atoms with Crippen LogP contribution in [0.5, 0.6) is 5.75 Å². The summed E-state index contributed by atoms with van der Waals surface area (Å²) < 4.78 is 25.5. The number of halogens is 1. The van der Waals surface area contributed by atoms with Crippen LogP contribution in [-0.4, -0.2) is 22.4 Å². The van der Waals surface area contributed by atoms with Crippen molar-refractivity contribution in [3.8, 4) is 17.1 Å². The van der Waals surface area contributed by atoms with Crippen LogP contribution in [0.2, 0.25) is 0 Å². The number of thiocarbonyl (C=S) groups is 1. The number of hydrogen-bond donors (Lipinski definition) is 1. The Morgan fingerprint density at radius 2 is 1.77 bits per heavy atom. The van der Waals surface area contributed by atoms with Gasteiger partial charge in [0, 0.05) is 11.3 Å². The highest BCUT2D eigenvalue weighted by atomic mass is 32.1. The smallest absolute Gasteiger partial charge is 0.258 e. The van der Waals surface area contributed by atoms with E-state index in [0.717, 1.165) is 28.1 Å². The first-order valence-electron chi connectivity index (χ1n) is 11.1. The normalized spacial score (nSPS) is 15.8. The molecule has 0 aliphatic carbocycles. The van der Waals surface area contributed by atoms with Crippen molar-refractivity contribution >= 4 is 28.6 Å². The van der Waals surface area contributed by atoms with Gasteiger partial charge in [-0.3, -0.25) is 4.90 Å². The van der Waals surface area contributed by atoms with Crippen LogP contribution in [0, 0.1) is 12.7 Å². The van der Waals surface area contributed by atoms with Crippen LogP contribution in [0.3, 0.4) is 0 Å². The molecule has 176 valence electrons. The second-order valence-electron chi connectivity index (χ2n) is 8.21. The minimum Gasteiger partial charge on any atom is -0.497 e.